The topological polar surface area (TPSA) is 89.0 Å². The number of carbonyl (C=O) groups is 1. The zero-order valence-electron chi connectivity index (χ0n) is 14.3. The van der Waals surface area contributed by atoms with Crippen LogP contribution in [0.1, 0.15) is 15.9 Å². The fourth-order valence-electron chi connectivity index (χ4n) is 2.45. The van der Waals surface area contributed by atoms with Gasteiger partial charge >= 0.3 is 6.18 Å². The number of halogens is 3. The fourth-order valence-corrected chi connectivity index (χ4v) is 3.51. The maximum absolute atomic E-state index is 12.5. The van der Waals surface area contributed by atoms with E-state index < -0.39 is 38.3 Å². The molecule has 3 rings (SSSR count). The lowest BCUT2D eigenvalue weighted by Gasteiger charge is -2.09. The molecule has 3 aromatic rings. The number of rotatable bonds is 5. The minimum absolute atomic E-state index is 0.218. The molecule has 0 unspecified atom stereocenters. The molecule has 0 aliphatic carbocycles. The van der Waals surface area contributed by atoms with Gasteiger partial charge in [0, 0.05) is 29.9 Å². The SMILES string of the molecule is O=C(NCCS(=O)(=O)c1ccc(C(F)(F)F)cn1)c1ccc2cccnc2c1. The Bertz CT molecular complexity index is 1110. The molecule has 146 valence electrons. The lowest BCUT2D eigenvalue weighted by atomic mass is 10.1. The maximum Gasteiger partial charge on any atom is 0.417 e. The number of fused-ring (bicyclic) bond motifs is 1. The van der Waals surface area contributed by atoms with Crippen molar-refractivity contribution in [2.45, 2.75) is 11.2 Å². The van der Waals surface area contributed by atoms with Crippen LogP contribution < -0.4 is 5.32 Å². The number of carbonyl (C=O) groups excluding carboxylic acids is 1. The van der Waals surface area contributed by atoms with E-state index in [-0.39, 0.29) is 6.54 Å². The van der Waals surface area contributed by atoms with Crippen molar-refractivity contribution >= 4 is 26.6 Å². The number of nitrogens with zero attached hydrogens (tertiary/aromatic N) is 2. The van der Waals surface area contributed by atoms with Crippen LogP contribution in [0.2, 0.25) is 0 Å². The summed E-state index contributed by atoms with van der Waals surface area (Å²) in [5, 5.41) is 2.85. The van der Waals surface area contributed by atoms with E-state index in [4.69, 9.17) is 0 Å². The second kappa shape index (κ2) is 7.55. The number of amides is 1. The van der Waals surface area contributed by atoms with E-state index in [9.17, 15) is 26.4 Å². The van der Waals surface area contributed by atoms with E-state index in [0.717, 1.165) is 11.5 Å². The zero-order valence-corrected chi connectivity index (χ0v) is 15.1. The Morgan fingerprint density at radius 1 is 1.07 bits per heavy atom. The zero-order chi connectivity index (χ0) is 20.4. The molecule has 6 nitrogen and oxygen atoms in total. The van der Waals surface area contributed by atoms with Gasteiger partial charge in [0.2, 0.25) is 0 Å². The standard InChI is InChI=1S/C18H14F3N3O3S/c19-18(20,21)14-5-6-16(24-11-14)28(26,27)9-8-23-17(25)13-4-3-12-2-1-7-22-15(12)10-13/h1-7,10-11H,8-9H2,(H,23,25). The highest BCUT2D eigenvalue weighted by Gasteiger charge is 2.31. The van der Waals surface area contributed by atoms with E-state index in [1.54, 1.807) is 30.5 Å². The normalized spacial score (nSPS) is 12.1. The third-order valence-corrected chi connectivity index (χ3v) is 5.53. The van der Waals surface area contributed by atoms with Gasteiger partial charge < -0.3 is 5.32 Å². The fraction of sp³-hybridized carbons (Fsp3) is 0.167. The molecule has 0 fully saturated rings. The second-order valence-electron chi connectivity index (χ2n) is 5.87. The number of hydrogen-bond donors (Lipinski definition) is 1. The van der Waals surface area contributed by atoms with Crippen LogP contribution in [0.3, 0.4) is 0 Å². The monoisotopic (exact) mass is 409 g/mol. The molecule has 0 saturated heterocycles. The maximum atomic E-state index is 12.5. The molecule has 10 heteroatoms. The van der Waals surface area contributed by atoms with Crippen LogP contribution in [0.15, 0.2) is 59.9 Å². The first-order valence-electron chi connectivity index (χ1n) is 8.06. The Balaban J connectivity index is 1.63. The molecule has 0 bridgehead atoms. The highest BCUT2D eigenvalue weighted by atomic mass is 32.2. The number of nitrogens with one attached hydrogen (secondary N) is 1. The summed E-state index contributed by atoms with van der Waals surface area (Å²) in [6.07, 6.45) is -2.54. The van der Waals surface area contributed by atoms with E-state index in [1.807, 2.05) is 6.07 Å². The number of alkyl halides is 3. The smallest absolute Gasteiger partial charge is 0.351 e. The summed E-state index contributed by atoms with van der Waals surface area (Å²) in [4.78, 5) is 19.7. The molecule has 0 radical (unpaired) electrons. The van der Waals surface area contributed by atoms with Crippen molar-refractivity contribution in [1.29, 1.82) is 0 Å². The Labute approximate surface area is 158 Å². The average Bonchev–Trinajstić information content (AvgIpc) is 2.67. The van der Waals surface area contributed by atoms with Gasteiger partial charge in [0.25, 0.3) is 5.91 Å². The van der Waals surface area contributed by atoms with Crippen LogP contribution in [0.5, 0.6) is 0 Å². The number of pyridine rings is 2. The van der Waals surface area contributed by atoms with Gasteiger partial charge in [-0.1, -0.05) is 12.1 Å². The van der Waals surface area contributed by atoms with Crippen molar-refractivity contribution in [3.05, 3.63) is 66.0 Å². The van der Waals surface area contributed by atoms with Crippen LogP contribution in [-0.4, -0.2) is 36.6 Å². The van der Waals surface area contributed by atoms with Crippen LogP contribution >= 0.6 is 0 Å². The molecule has 1 amide bonds. The molecule has 0 aliphatic rings. The third kappa shape index (κ3) is 4.45. The second-order valence-corrected chi connectivity index (χ2v) is 7.92. The lowest BCUT2D eigenvalue weighted by Crippen LogP contribution is -2.29. The van der Waals surface area contributed by atoms with Crippen molar-refractivity contribution in [1.82, 2.24) is 15.3 Å². The number of sulfone groups is 1. The molecule has 0 aliphatic heterocycles. The highest BCUT2D eigenvalue weighted by Crippen LogP contribution is 2.28. The Morgan fingerprint density at radius 3 is 2.54 bits per heavy atom. The van der Waals surface area contributed by atoms with Crippen LogP contribution in [-0.2, 0) is 16.0 Å². The predicted molar refractivity (Wildman–Crippen MR) is 95.4 cm³/mol. The third-order valence-electron chi connectivity index (χ3n) is 3.91. The summed E-state index contributed by atoms with van der Waals surface area (Å²) in [7, 11) is -3.94. The summed E-state index contributed by atoms with van der Waals surface area (Å²) in [6, 6.07) is 9.95. The van der Waals surface area contributed by atoms with Gasteiger partial charge in [-0.2, -0.15) is 13.2 Å². The summed E-state index contributed by atoms with van der Waals surface area (Å²) in [6.45, 7) is -0.218. The van der Waals surface area contributed by atoms with Crippen molar-refractivity contribution in [3.63, 3.8) is 0 Å². The molecule has 0 spiro atoms. The summed E-state index contributed by atoms with van der Waals surface area (Å²) < 4.78 is 61.9. The molecule has 1 N–H and O–H groups in total. The van der Waals surface area contributed by atoms with Crippen LogP contribution in [0.4, 0.5) is 13.2 Å². The molecule has 2 aromatic heterocycles. The van der Waals surface area contributed by atoms with E-state index in [0.29, 0.717) is 23.3 Å². The number of hydrogen-bond acceptors (Lipinski definition) is 5. The number of aromatic nitrogens is 2. The van der Waals surface area contributed by atoms with E-state index in [2.05, 4.69) is 15.3 Å². The summed E-state index contributed by atoms with van der Waals surface area (Å²) in [5.41, 5.74) is -0.0994. The quantitative estimate of drug-likeness (QED) is 0.700. The Morgan fingerprint density at radius 2 is 1.86 bits per heavy atom. The van der Waals surface area contributed by atoms with Crippen molar-refractivity contribution < 1.29 is 26.4 Å². The van der Waals surface area contributed by atoms with Gasteiger partial charge in [0.15, 0.2) is 14.9 Å². The van der Waals surface area contributed by atoms with E-state index >= 15 is 0 Å². The molecule has 0 atom stereocenters. The van der Waals surface area contributed by atoms with E-state index in [1.165, 1.54) is 0 Å². The Hall–Kier alpha value is -3.01. The van der Waals surface area contributed by atoms with Crippen molar-refractivity contribution in [3.8, 4) is 0 Å². The minimum atomic E-state index is -4.60. The van der Waals surface area contributed by atoms with Crippen molar-refractivity contribution in [2.75, 3.05) is 12.3 Å². The first-order valence-corrected chi connectivity index (χ1v) is 9.71. The lowest BCUT2D eigenvalue weighted by molar-refractivity contribution is -0.137. The van der Waals surface area contributed by atoms with Gasteiger partial charge in [-0.15, -0.1) is 0 Å². The largest absolute Gasteiger partial charge is 0.417 e. The molecular weight excluding hydrogens is 395 g/mol. The average molecular weight is 409 g/mol. The summed E-state index contributed by atoms with van der Waals surface area (Å²) >= 11 is 0. The van der Waals surface area contributed by atoms with Gasteiger partial charge in [-0.3, -0.25) is 9.78 Å². The van der Waals surface area contributed by atoms with Crippen LogP contribution in [0, 0.1) is 0 Å². The molecular formula is C18H14F3N3O3S. The van der Waals surface area contributed by atoms with Gasteiger partial charge in [0.1, 0.15) is 0 Å². The highest BCUT2D eigenvalue weighted by molar-refractivity contribution is 7.91. The number of benzene rings is 1. The molecule has 2 heterocycles. The van der Waals surface area contributed by atoms with Gasteiger partial charge in [-0.05, 0) is 30.3 Å². The van der Waals surface area contributed by atoms with Gasteiger partial charge in [-0.25, -0.2) is 13.4 Å². The molecule has 28 heavy (non-hydrogen) atoms. The molecule has 0 saturated carbocycles. The van der Waals surface area contributed by atoms with Gasteiger partial charge in [0.05, 0.1) is 16.8 Å². The van der Waals surface area contributed by atoms with Crippen molar-refractivity contribution in [2.24, 2.45) is 0 Å². The predicted octanol–water partition coefficient (Wildman–Crippen LogP) is 2.85. The summed E-state index contributed by atoms with van der Waals surface area (Å²) in [5.74, 6) is -0.980. The Kier molecular flexibility index (Phi) is 5.32. The minimum Gasteiger partial charge on any atom is -0.351 e. The first kappa shape index (κ1) is 19.7. The first-order chi connectivity index (χ1) is 13.2. The molecule has 1 aromatic carbocycles. The van der Waals surface area contributed by atoms with Crippen LogP contribution in [0.25, 0.3) is 10.9 Å².